The number of hydrogen-bond donors (Lipinski definition) is 1. The molecule has 0 aliphatic carbocycles. The molecule has 3 nitrogen and oxygen atoms in total. The van der Waals surface area contributed by atoms with E-state index in [1.54, 1.807) is 11.3 Å². The van der Waals surface area contributed by atoms with Crippen LogP contribution in [0.1, 0.15) is 35.3 Å². The number of rotatable bonds is 5. The third kappa shape index (κ3) is 2.76. The molecule has 0 saturated heterocycles. The van der Waals surface area contributed by atoms with Gasteiger partial charge in [-0.1, -0.05) is 18.3 Å². The molecule has 0 saturated carbocycles. The standard InChI is InChI=1S/C11H14BrN3S2/c1-3-8-11(17-15-14-8)9(13-4-2)10-7(12)5-6-16-10/h5-6,9,13H,3-4H2,1-2H3. The van der Waals surface area contributed by atoms with Crippen molar-refractivity contribution in [1.29, 1.82) is 0 Å². The fourth-order valence-electron chi connectivity index (χ4n) is 1.70. The molecule has 0 amide bonds. The van der Waals surface area contributed by atoms with E-state index in [2.05, 4.69) is 56.1 Å². The Kier molecular flexibility index (Phi) is 4.67. The van der Waals surface area contributed by atoms with Gasteiger partial charge in [0, 0.05) is 9.35 Å². The summed E-state index contributed by atoms with van der Waals surface area (Å²) in [5.41, 5.74) is 1.10. The Labute approximate surface area is 118 Å². The van der Waals surface area contributed by atoms with E-state index in [0.717, 1.165) is 23.1 Å². The topological polar surface area (TPSA) is 37.8 Å². The van der Waals surface area contributed by atoms with Crippen molar-refractivity contribution in [2.24, 2.45) is 0 Å². The van der Waals surface area contributed by atoms with Crippen LogP contribution in [0.2, 0.25) is 0 Å². The van der Waals surface area contributed by atoms with Crippen LogP contribution in [0.25, 0.3) is 0 Å². The van der Waals surface area contributed by atoms with Gasteiger partial charge in [0.25, 0.3) is 0 Å². The van der Waals surface area contributed by atoms with Gasteiger partial charge in [0.2, 0.25) is 0 Å². The minimum Gasteiger partial charge on any atom is -0.305 e. The molecule has 0 spiro atoms. The molecule has 2 aromatic rings. The molecule has 0 bridgehead atoms. The average molecular weight is 332 g/mol. The second kappa shape index (κ2) is 6.04. The van der Waals surface area contributed by atoms with Gasteiger partial charge in [-0.15, -0.1) is 16.4 Å². The molecule has 2 heterocycles. The highest BCUT2D eigenvalue weighted by molar-refractivity contribution is 9.10. The Hall–Kier alpha value is -0.300. The maximum atomic E-state index is 4.20. The molecular weight excluding hydrogens is 318 g/mol. The van der Waals surface area contributed by atoms with Gasteiger partial charge >= 0.3 is 0 Å². The monoisotopic (exact) mass is 331 g/mol. The second-order valence-electron chi connectivity index (χ2n) is 3.56. The van der Waals surface area contributed by atoms with E-state index in [0.29, 0.717) is 0 Å². The van der Waals surface area contributed by atoms with Gasteiger partial charge in [0.1, 0.15) is 0 Å². The van der Waals surface area contributed by atoms with E-state index < -0.39 is 0 Å². The minimum atomic E-state index is 0.212. The van der Waals surface area contributed by atoms with Crippen LogP contribution in [0.4, 0.5) is 0 Å². The fraction of sp³-hybridized carbons (Fsp3) is 0.455. The summed E-state index contributed by atoms with van der Waals surface area (Å²) in [7, 11) is 0. The third-order valence-corrected chi connectivity index (χ3v) is 5.26. The van der Waals surface area contributed by atoms with Crippen molar-refractivity contribution in [2.45, 2.75) is 26.3 Å². The lowest BCUT2D eigenvalue weighted by atomic mass is 10.1. The number of hydrogen-bond acceptors (Lipinski definition) is 5. The van der Waals surface area contributed by atoms with Crippen LogP contribution >= 0.6 is 38.8 Å². The molecule has 0 radical (unpaired) electrons. The summed E-state index contributed by atoms with van der Waals surface area (Å²) in [5, 5.41) is 9.81. The number of nitrogens with zero attached hydrogens (tertiary/aromatic N) is 2. The molecule has 0 aromatic carbocycles. The van der Waals surface area contributed by atoms with E-state index in [4.69, 9.17) is 0 Å². The van der Waals surface area contributed by atoms with Gasteiger partial charge in [-0.3, -0.25) is 0 Å². The normalized spacial score (nSPS) is 12.9. The lowest BCUT2D eigenvalue weighted by Gasteiger charge is -2.16. The number of aromatic nitrogens is 2. The molecular formula is C11H14BrN3S2. The number of halogens is 1. The summed E-state index contributed by atoms with van der Waals surface area (Å²) < 4.78 is 5.23. The highest BCUT2D eigenvalue weighted by Gasteiger charge is 2.22. The Bertz CT molecular complexity index is 481. The van der Waals surface area contributed by atoms with Gasteiger partial charge in [-0.2, -0.15) is 0 Å². The average Bonchev–Trinajstić information content (AvgIpc) is 2.94. The molecule has 6 heteroatoms. The van der Waals surface area contributed by atoms with Crippen LogP contribution in [0, 0.1) is 0 Å². The highest BCUT2D eigenvalue weighted by Crippen LogP contribution is 2.35. The largest absolute Gasteiger partial charge is 0.305 e. The maximum absolute atomic E-state index is 4.20. The predicted octanol–water partition coefficient (Wildman–Crippen LogP) is 3.62. The van der Waals surface area contributed by atoms with Gasteiger partial charge < -0.3 is 5.32 Å². The molecule has 1 unspecified atom stereocenters. The van der Waals surface area contributed by atoms with Crippen molar-refractivity contribution in [3.05, 3.63) is 31.4 Å². The number of nitrogens with one attached hydrogen (secondary N) is 1. The minimum absolute atomic E-state index is 0.212. The van der Waals surface area contributed by atoms with Crippen LogP contribution in [0.3, 0.4) is 0 Å². The Balaban J connectivity index is 2.39. The van der Waals surface area contributed by atoms with E-state index in [1.165, 1.54) is 21.3 Å². The smallest absolute Gasteiger partial charge is 0.0811 e. The van der Waals surface area contributed by atoms with E-state index >= 15 is 0 Å². The first kappa shape index (κ1) is 13.1. The molecule has 0 aliphatic rings. The van der Waals surface area contributed by atoms with Gasteiger partial charge in [-0.25, -0.2) is 0 Å². The summed E-state index contributed by atoms with van der Waals surface area (Å²) in [6.45, 7) is 5.16. The second-order valence-corrected chi connectivity index (χ2v) is 6.15. The summed E-state index contributed by atoms with van der Waals surface area (Å²) in [4.78, 5) is 2.53. The Morgan fingerprint density at radius 2 is 2.24 bits per heavy atom. The zero-order valence-electron chi connectivity index (χ0n) is 9.74. The summed E-state index contributed by atoms with van der Waals surface area (Å²) in [6, 6.07) is 2.30. The quantitative estimate of drug-likeness (QED) is 0.909. The number of aryl methyl sites for hydroxylation is 1. The molecule has 1 atom stereocenters. The zero-order valence-corrected chi connectivity index (χ0v) is 13.0. The van der Waals surface area contributed by atoms with Gasteiger partial charge in [0.15, 0.2) is 0 Å². The van der Waals surface area contributed by atoms with Crippen LogP contribution in [-0.2, 0) is 6.42 Å². The van der Waals surface area contributed by atoms with E-state index in [-0.39, 0.29) is 6.04 Å². The maximum Gasteiger partial charge on any atom is 0.0811 e. The Morgan fingerprint density at radius 3 is 2.82 bits per heavy atom. The SMILES string of the molecule is CCNC(c1sccc1Br)c1snnc1CC. The van der Waals surface area contributed by atoms with Crippen molar-refractivity contribution in [3.63, 3.8) is 0 Å². The van der Waals surface area contributed by atoms with Crippen molar-refractivity contribution in [2.75, 3.05) is 6.54 Å². The lowest BCUT2D eigenvalue weighted by Crippen LogP contribution is -2.21. The first-order chi connectivity index (χ1) is 8.27. The van der Waals surface area contributed by atoms with Crippen LogP contribution in [0.15, 0.2) is 15.9 Å². The lowest BCUT2D eigenvalue weighted by molar-refractivity contribution is 0.640. The van der Waals surface area contributed by atoms with Crippen molar-refractivity contribution in [3.8, 4) is 0 Å². The third-order valence-electron chi connectivity index (χ3n) is 2.50. The van der Waals surface area contributed by atoms with E-state index in [1.807, 2.05) is 0 Å². The van der Waals surface area contributed by atoms with Crippen LogP contribution in [-0.4, -0.2) is 16.1 Å². The molecule has 92 valence electrons. The summed E-state index contributed by atoms with van der Waals surface area (Å²) in [6.07, 6.45) is 0.927. The summed E-state index contributed by atoms with van der Waals surface area (Å²) in [5.74, 6) is 0. The zero-order chi connectivity index (χ0) is 12.3. The molecule has 17 heavy (non-hydrogen) atoms. The molecule has 2 rings (SSSR count). The van der Waals surface area contributed by atoms with Gasteiger partial charge in [0.05, 0.1) is 16.6 Å². The van der Waals surface area contributed by atoms with Crippen molar-refractivity contribution >= 4 is 38.8 Å². The van der Waals surface area contributed by atoms with Crippen molar-refractivity contribution in [1.82, 2.24) is 14.9 Å². The predicted molar refractivity (Wildman–Crippen MR) is 76.8 cm³/mol. The van der Waals surface area contributed by atoms with Crippen molar-refractivity contribution < 1.29 is 0 Å². The molecule has 0 aliphatic heterocycles. The highest BCUT2D eigenvalue weighted by atomic mass is 79.9. The molecule has 1 N–H and O–H groups in total. The molecule has 2 aromatic heterocycles. The fourth-order valence-corrected chi connectivity index (χ4v) is 4.28. The first-order valence-electron chi connectivity index (χ1n) is 5.55. The van der Waals surface area contributed by atoms with Crippen LogP contribution in [0.5, 0.6) is 0 Å². The number of thiophene rings is 1. The Morgan fingerprint density at radius 1 is 1.41 bits per heavy atom. The van der Waals surface area contributed by atoms with Crippen LogP contribution < -0.4 is 5.32 Å². The molecule has 0 fully saturated rings. The first-order valence-corrected chi connectivity index (χ1v) is 7.99. The van der Waals surface area contributed by atoms with E-state index in [9.17, 15) is 0 Å². The summed E-state index contributed by atoms with van der Waals surface area (Å²) >= 11 is 6.85. The van der Waals surface area contributed by atoms with Gasteiger partial charge in [-0.05, 0) is 51.9 Å².